The molecule has 4 rings (SSSR count). The van der Waals surface area contributed by atoms with E-state index in [1.807, 2.05) is 0 Å². The predicted octanol–water partition coefficient (Wildman–Crippen LogP) is 2.52. The third kappa shape index (κ3) is 4.37. The lowest BCUT2D eigenvalue weighted by Gasteiger charge is -2.10. The molecule has 30 heavy (non-hydrogen) atoms. The fourth-order valence-electron chi connectivity index (χ4n) is 3.05. The smallest absolute Gasteiger partial charge is 0.316 e. The van der Waals surface area contributed by atoms with Crippen molar-refractivity contribution in [2.24, 2.45) is 0 Å². The SMILES string of the molecule is COc1ccc(CNS(=O)(=O)c2cc(-c3noc(C(=O)N4CCCC4)n3)cs2)cc1. The molecule has 0 spiro atoms. The molecule has 0 atom stereocenters. The summed E-state index contributed by atoms with van der Waals surface area (Å²) in [6.07, 6.45) is 1.92. The van der Waals surface area contributed by atoms with E-state index >= 15 is 0 Å². The number of hydrogen-bond donors (Lipinski definition) is 1. The highest BCUT2D eigenvalue weighted by atomic mass is 32.2. The fraction of sp³-hybridized carbons (Fsp3) is 0.316. The molecule has 2 aromatic heterocycles. The first-order valence-corrected chi connectivity index (χ1v) is 11.7. The van der Waals surface area contributed by atoms with Crippen molar-refractivity contribution in [3.05, 3.63) is 47.2 Å². The number of thiophene rings is 1. The van der Waals surface area contributed by atoms with Crippen LogP contribution in [-0.4, -0.2) is 49.6 Å². The first-order valence-electron chi connectivity index (χ1n) is 9.31. The Hall–Kier alpha value is -2.76. The van der Waals surface area contributed by atoms with E-state index in [0.29, 0.717) is 24.4 Å². The van der Waals surface area contributed by atoms with Gasteiger partial charge in [0.15, 0.2) is 0 Å². The number of nitrogens with zero attached hydrogens (tertiary/aromatic N) is 3. The van der Waals surface area contributed by atoms with Gasteiger partial charge in [0.05, 0.1) is 7.11 Å². The van der Waals surface area contributed by atoms with Crippen molar-refractivity contribution < 1.29 is 22.5 Å². The molecule has 0 radical (unpaired) electrons. The van der Waals surface area contributed by atoms with Crippen molar-refractivity contribution in [3.8, 4) is 17.1 Å². The molecule has 1 aliphatic rings. The Morgan fingerprint density at radius 1 is 1.27 bits per heavy atom. The summed E-state index contributed by atoms with van der Waals surface area (Å²) < 4.78 is 38.1. The topological polar surface area (TPSA) is 115 Å². The molecule has 3 aromatic rings. The highest BCUT2D eigenvalue weighted by Gasteiger charge is 2.26. The zero-order valence-corrected chi connectivity index (χ0v) is 17.8. The van der Waals surface area contributed by atoms with Crippen molar-refractivity contribution in [2.75, 3.05) is 20.2 Å². The molecule has 0 aliphatic carbocycles. The zero-order chi connectivity index (χ0) is 21.1. The maximum atomic E-state index is 12.6. The van der Waals surface area contributed by atoms with Crippen molar-refractivity contribution >= 4 is 27.3 Å². The van der Waals surface area contributed by atoms with Crippen LogP contribution < -0.4 is 9.46 Å². The number of likely N-dealkylation sites (tertiary alicyclic amines) is 1. The third-order valence-corrected chi connectivity index (χ3v) is 7.57. The average Bonchev–Trinajstić information content (AvgIpc) is 3.53. The van der Waals surface area contributed by atoms with Gasteiger partial charge in [-0.15, -0.1) is 11.3 Å². The summed E-state index contributed by atoms with van der Waals surface area (Å²) in [5, 5.41) is 5.45. The third-order valence-electron chi connectivity index (χ3n) is 4.73. The Labute approximate surface area is 177 Å². The molecule has 1 fully saturated rings. The summed E-state index contributed by atoms with van der Waals surface area (Å²) in [6, 6.07) is 8.59. The maximum Gasteiger partial charge on any atom is 0.316 e. The zero-order valence-electron chi connectivity index (χ0n) is 16.2. The van der Waals surface area contributed by atoms with Gasteiger partial charge in [0.25, 0.3) is 0 Å². The Balaban J connectivity index is 1.44. The van der Waals surface area contributed by atoms with Crippen LogP contribution in [0.15, 0.2) is 44.4 Å². The molecule has 11 heteroatoms. The minimum Gasteiger partial charge on any atom is -0.497 e. The molecule has 9 nitrogen and oxygen atoms in total. The normalized spacial score (nSPS) is 14.2. The lowest BCUT2D eigenvalue weighted by Crippen LogP contribution is -2.27. The Kier molecular flexibility index (Phi) is 5.84. The largest absolute Gasteiger partial charge is 0.497 e. The van der Waals surface area contributed by atoms with Crippen LogP contribution in [0.1, 0.15) is 29.1 Å². The second-order valence-electron chi connectivity index (χ2n) is 6.75. The lowest BCUT2D eigenvalue weighted by atomic mass is 10.2. The van der Waals surface area contributed by atoms with E-state index in [9.17, 15) is 13.2 Å². The summed E-state index contributed by atoms with van der Waals surface area (Å²) in [5.74, 6) is 0.508. The quantitative estimate of drug-likeness (QED) is 0.591. The molecule has 1 aliphatic heterocycles. The van der Waals surface area contributed by atoms with Crippen LogP contribution in [-0.2, 0) is 16.6 Å². The number of methoxy groups -OCH3 is 1. The summed E-state index contributed by atoms with van der Waals surface area (Å²) in [5.41, 5.74) is 1.29. The van der Waals surface area contributed by atoms with Crippen molar-refractivity contribution in [1.82, 2.24) is 19.8 Å². The van der Waals surface area contributed by atoms with Gasteiger partial charge in [-0.1, -0.05) is 17.3 Å². The number of benzene rings is 1. The van der Waals surface area contributed by atoms with Crippen LogP contribution in [0.5, 0.6) is 5.75 Å². The molecule has 3 heterocycles. The van der Waals surface area contributed by atoms with Gasteiger partial charge in [0.2, 0.25) is 15.8 Å². The molecule has 1 N–H and O–H groups in total. The Bertz CT molecular complexity index is 1130. The molecule has 158 valence electrons. The van der Waals surface area contributed by atoms with E-state index in [0.717, 1.165) is 29.7 Å². The predicted molar refractivity (Wildman–Crippen MR) is 110 cm³/mol. The summed E-state index contributed by atoms with van der Waals surface area (Å²) >= 11 is 1.05. The number of aromatic nitrogens is 2. The van der Waals surface area contributed by atoms with Crippen LogP contribution in [0.3, 0.4) is 0 Å². The van der Waals surface area contributed by atoms with Crippen molar-refractivity contribution in [2.45, 2.75) is 23.6 Å². The average molecular weight is 449 g/mol. The van der Waals surface area contributed by atoms with Gasteiger partial charge in [-0.05, 0) is 36.6 Å². The number of nitrogens with one attached hydrogen (secondary N) is 1. The molecule has 0 unspecified atom stereocenters. The maximum absolute atomic E-state index is 12.6. The van der Waals surface area contributed by atoms with Crippen molar-refractivity contribution in [3.63, 3.8) is 0 Å². The second kappa shape index (κ2) is 8.54. The van der Waals surface area contributed by atoms with Crippen LogP contribution in [0.25, 0.3) is 11.4 Å². The monoisotopic (exact) mass is 448 g/mol. The second-order valence-corrected chi connectivity index (χ2v) is 9.65. The highest BCUT2D eigenvalue weighted by Crippen LogP contribution is 2.27. The van der Waals surface area contributed by atoms with Gasteiger partial charge in [-0.2, -0.15) is 4.98 Å². The Morgan fingerprint density at radius 2 is 2.00 bits per heavy atom. The Morgan fingerprint density at radius 3 is 2.70 bits per heavy atom. The van der Waals surface area contributed by atoms with Crippen LogP contribution in [0.4, 0.5) is 0 Å². The molecular weight excluding hydrogens is 428 g/mol. The van der Waals surface area contributed by atoms with E-state index in [2.05, 4.69) is 14.9 Å². The van der Waals surface area contributed by atoms with Gasteiger partial charge >= 0.3 is 11.8 Å². The summed E-state index contributed by atoms with van der Waals surface area (Å²) in [4.78, 5) is 18.1. The van der Waals surface area contributed by atoms with Gasteiger partial charge in [0, 0.05) is 30.6 Å². The first-order chi connectivity index (χ1) is 14.5. The van der Waals surface area contributed by atoms with E-state index in [1.165, 1.54) is 6.07 Å². The lowest BCUT2D eigenvalue weighted by molar-refractivity contribution is 0.0743. The number of carbonyl (C=O) groups excluding carboxylic acids is 1. The van der Waals surface area contributed by atoms with Crippen LogP contribution in [0, 0.1) is 0 Å². The highest BCUT2D eigenvalue weighted by molar-refractivity contribution is 7.91. The minimum absolute atomic E-state index is 0.0832. The number of rotatable bonds is 7. The van der Waals surface area contributed by atoms with Crippen LogP contribution >= 0.6 is 11.3 Å². The molecular formula is C19H20N4O5S2. The minimum atomic E-state index is -3.71. The number of hydrogen-bond acceptors (Lipinski definition) is 8. The van der Waals surface area contributed by atoms with E-state index in [-0.39, 0.29) is 28.4 Å². The molecule has 1 saturated heterocycles. The van der Waals surface area contributed by atoms with Gasteiger partial charge in [-0.3, -0.25) is 4.79 Å². The molecule has 1 amide bonds. The van der Waals surface area contributed by atoms with Gasteiger partial charge < -0.3 is 14.2 Å². The first kappa shape index (κ1) is 20.5. The number of sulfonamides is 1. The van der Waals surface area contributed by atoms with E-state index in [4.69, 9.17) is 9.26 Å². The van der Waals surface area contributed by atoms with Crippen molar-refractivity contribution in [1.29, 1.82) is 0 Å². The van der Waals surface area contributed by atoms with Gasteiger partial charge in [0.1, 0.15) is 9.96 Å². The summed E-state index contributed by atoms with van der Waals surface area (Å²) in [6.45, 7) is 1.50. The van der Waals surface area contributed by atoms with E-state index < -0.39 is 10.0 Å². The van der Waals surface area contributed by atoms with Crippen LogP contribution in [0.2, 0.25) is 0 Å². The fourth-order valence-corrected chi connectivity index (χ4v) is 5.27. The summed E-state index contributed by atoms with van der Waals surface area (Å²) in [7, 11) is -2.14. The molecule has 0 saturated carbocycles. The molecule has 1 aromatic carbocycles. The van der Waals surface area contributed by atoms with Gasteiger partial charge in [-0.25, -0.2) is 13.1 Å². The van der Waals surface area contributed by atoms with E-state index in [1.54, 1.807) is 41.7 Å². The number of ether oxygens (including phenoxy) is 1. The molecule has 0 bridgehead atoms. The number of carbonyl (C=O) groups is 1. The standard InChI is InChI=1S/C19H20N4O5S2/c1-27-15-6-4-13(5-7-15)11-20-30(25,26)16-10-14(12-29-16)17-21-18(28-22-17)19(24)23-8-2-3-9-23/h4-7,10,12,20H,2-3,8-9,11H2,1H3. The number of amides is 1.